The lowest BCUT2D eigenvalue weighted by molar-refractivity contribution is -0.147. The Labute approximate surface area is 884 Å². The molecule has 51 heteroatoms. The van der Waals surface area contributed by atoms with Gasteiger partial charge >= 0.3 is 89.5 Å². The average molecular weight is 2170 g/mol. The highest BCUT2D eigenvalue weighted by atomic mass is 16.6. The van der Waals surface area contributed by atoms with Crippen LogP contribution in [0.1, 0.15) is 239 Å². The molecule has 0 aliphatic rings. The first-order valence-corrected chi connectivity index (χ1v) is 45.9. The van der Waals surface area contributed by atoms with Crippen LogP contribution in [0, 0.1) is 37.0 Å². The third kappa shape index (κ3) is 142. The predicted octanol–water partition coefficient (Wildman–Crippen LogP) is 4.57. The smallest absolute Gasteiger partial charge is 0.322 e. The summed E-state index contributed by atoms with van der Waals surface area (Å²) in [5.41, 5.74) is 46.8. The summed E-state index contributed by atoms with van der Waals surface area (Å²) >= 11 is 0. The number of carboxylic acid groups (broad SMARTS) is 9. The third-order valence-electron chi connectivity index (χ3n) is 16.1. The summed E-state index contributed by atoms with van der Waals surface area (Å²) in [5, 5.41) is 75.9. The maximum absolute atomic E-state index is 11.2. The van der Waals surface area contributed by atoms with E-state index in [1.54, 1.807) is 12.2 Å². The molecule has 0 fully saturated rings. The van der Waals surface area contributed by atoms with Crippen molar-refractivity contribution in [2.75, 3.05) is 159 Å². The molecule has 0 bridgehead atoms. The Bertz CT molecular complexity index is 3280. The van der Waals surface area contributed by atoms with Crippen molar-refractivity contribution >= 4 is 107 Å². The molecule has 0 saturated heterocycles. The summed E-state index contributed by atoms with van der Waals surface area (Å²) in [6.07, 6.45) is 34.0. The molecule has 876 valence electrons. The predicted molar refractivity (Wildman–Crippen MR) is 558 cm³/mol. The van der Waals surface area contributed by atoms with E-state index in [2.05, 4.69) is 42.2 Å². The lowest BCUT2D eigenvalue weighted by atomic mass is 10.1. The van der Waals surface area contributed by atoms with E-state index in [4.69, 9.17) is 183 Å². The van der Waals surface area contributed by atoms with Crippen LogP contribution < -0.4 is 51.6 Å². The van der Waals surface area contributed by atoms with Crippen LogP contribution in [0.4, 0.5) is 0 Å². The number of carbonyl (C=O) groups excluding carboxylic acids is 9. The molecular formula is C99H183N9O42. The van der Waals surface area contributed by atoms with Crippen LogP contribution in [0.2, 0.25) is 0 Å². The number of unbranched alkanes of at least 4 members (excludes halogenated alkanes) is 2. The van der Waals surface area contributed by atoms with Gasteiger partial charge in [-0.1, -0.05) is 109 Å². The van der Waals surface area contributed by atoms with Gasteiger partial charge in [-0.15, -0.1) is 44.3 Å². The van der Waals surface area contributed by atoms with Crippen molar-refractivity contribution in [3.8, 4) is 37.0 Å². The van der Waals surface area contributed by atoms with Crippen molar-refractivity contribution in [1.29, 1.82) is 0 Å². The summed E-state index contributed by atoms with van der Waals surface area (Å²) in [6, 6.07) is -9.16. The van der Waals surface area contributed by atoms with Crippen LogP contribution in [-0.2, 0) is 157 Å². The van der Waals surface area contributed by atoms with E-state index in [0.717, 1.165) is 32.1 Å². The largest absolute Gasteiger partial charge is 0.480 e. The van der Waals surface area contributed by atoms with E-state index in [-0.39, 0.29) is 243 Å². The molecule has 0 aromatic rings. The second kappa shape index (κ2) is 128. The Hall–Kier alpha value is -11.8. The zero-order valence-electron chi connectivity index (χ0n) is 83.0. The second-order valence-corrected chi connectivity index (χ2v) is 29.4. The minimum Gasteiger partial charge on any atom is -0.480 e. The number of nitrogens with two attached hydrogens (primary N) is 9. The van der Waals surface area contributed by atoms with Gasteiger partial charge in [0.15, 0.2) is 6.61 Å². The van der Waals surface area contributed by atoms with Gasteiger partial charge in [-0.2, -0.15) is 0 Å². The van der Waals surface area contributed by atoms with Crippen molar-refractivity contribution in [1.82, 2.24) is 0 Å². The topological polar surface area (TPSA) is 862 Å². The minimum absolute atomic E-state index is 0. The number of hydrogen-bond acceptors (Lipinski definition) is 42. The molecule has 0 aromatic carbocycles. The number of ether oxygens (including phenoxy) is 15. The fourth-order valence-corrected chi connectivity index (χ4v) is 8.11. The summed E-state index contributed by atoms with van der Waals surface area (Å²) in [4.78, 5) is 192. The Morgan fingerprint density at radius 1 is 0.240 bits per heavy atom. The fraction of sp³-hybridized carbons (Fsp3) is 0.697. The number of allylic oxidation sites excluding steroid dienone is 2. The van der Waals surface area contributed by atoms with Gasteiger partial charge in [0.2, 0.25) is 0 Å². The first-order chi connectivity index (χ1) is 68.2. The molecule has 0 aliphatic carbocycles. The Balaban J connectivity index is -0.000000105. The van der Waals surface area contributed by atoms with Gasteiger partial charge in [0, 0.05) is 123 Å². The molecule has 150 heavy (non-hydrogen) atoms. The number of aliphatic carboxylic acids is 9. The highest BCUT2D eigenvalue weighted by Crippen LogP contribution is 2.06. The van der Waals surface area contributed by atoms with E-state index >= 15 is 0 Å². The molecule has 0 unspecified atom stereocenters. The molecule has 0 aliphatic heterocycles. The molecule has 0 heterocycles. The molecule has 0 rings (SSSR count). The Kier molecular flexibility index (Phi) is 146. The van der Waals surface area contributed by atoms with E-state index in [1.807, 2.05) is 20.8 Å². The molecule has 0 amide bonds. The monoisotopic (exact) mass is 2170 g/mol. The Morgan fingerprint density at radius 3 is 0.700 bits per heavy atom. The maximum atomic E-state index is 11.2. The SMILES string of the molecule is C.C.C.C.C.C.C#CCCC(=O)CCCOC[C@H](N)C(=O)O.C#CCCC(=O)OCCOC[C@H](N)C(=O)O.C#CCOC(=O)CCCOC[C@H](N)C(=O)O.C=CCCC(=O)CCCOC[C@H](N)C(=O)O.C=CCCC(=O)OCCOC[C@H](N)C(=O)O.C=CCOC(=O)CCCOC[C@H](N)C(=O)O.CCCCC(=O)CCCOC[C@H](N)C(=O)O.CCCCC(=O)OCCOC[C@H](N)C(=O)O.CCCOC(=O)CCCOC[C@H](N)C(=O)O. The van der Waals surface area contributed by atoms with Gasteiger partial charge < -0.3 is 169 Å². The van der Waals surface area contributed by atoms with Gasteiger partial charge in [0.25, 0.3) is 0 Å². The highest BCUT2D eigenvalue weighted by Gasteiger charge is 2.20. The molecule has 27 N–H and O–H groups in total. The van der Waals surface area contributed by atoms with Crippen molar-refractivity contribution in [2.45, 2.75) is 293 Å². The lowest BCUT2D eigenvalue weighted by Gasteiger charge is -2.08. The number of ketones is 3. The normalized spacial score (nSPS) is 11.4. The number of hydrogen-bond donors (Lipinski definition) is 18. The van der Waals surface area contributed by atoms with Crippen LogP contribution >= 0.6 is 0 Å². The molecule has 9 atom stereocenters. The molecule has 0 saturated carbocycles. The van der Waals surface area contributed by atoms with Crippen LogP contribution in [0.25, 0.3) is 0 Å². The Morgan fingerprint density at radius 2 is 0.447 bits per heavy atom. The number of terminal acetylenes is 3. The van der Waals surface area contributed by atoms with Crippen LogP contribution in [0.15, 0.2) is 38.0 Å². The number of esters is 6. The molecule has 51 nitrogen and oxygen atoms in total. The standard InChI is InChI=1S/C11H21NO4.C11H19NO4.C11H17NO4.C10H19NO5.C10H17NO5.C10H15NO5.C10H19NO5.C10H17NO5.C10H15NO5.6CH4/c3*1-2-3-5-9(13)6-4-7-16-8-10(12)11(14)15;3*1-2-5-16-9(12)4-3-6-15-7-8(11)10(13)14;3*1-2-3-4-9(12)16-6-5-15-7-8(11)10(13)14;;;;;;/h10H,2-8,12H2,1H3,(H,14,15);2,10H,1,3-8,12H2,(H,14,15);1,10H,3-8,12H2,(H,14,15);8H,2-7,11H2,1H3,(H,13,14);2,8H,1,3-7,11H2,(H,13,14);1,8H,3-7,11H2,(H,13,14);8H,2-7,11H2,1H3,(H,13,14);2,8H,1,3-7,11H2,(H,13,14);1,8H,3-7,11H2,(H,13,14);6*1H4/t3*10-;6*8-;;;;;;/m000000000....../s1. The average Bonchev–Trinajstić information content (AvgIpc) is 1.03. The van der Waals surface area contributed by atoms with Crippen molar-refractivity contribution in [3.63, 3.8) is 0 Å². The van der Waals surface area contributed by atoms with Gasteiger partial charge in [0.1, 0.15) is 98.2 Å². The van der Waals surface area contributed by atoms with Gasteiger partial charge in [-0.3, -0.25) is 86.3 Å². The maximum Gasteiger partial charge on any atom is 0.322 e. The van der Waals surface area contributed by atoms with Crippen LogP contribution in [0.5, 0.6) is 0 Å². The molecule has 0 radical (unpaired) electrons. The van der Waals surface area contributed by atoms with E-state index in [9.17, 15) is 86.3 Å². The first-order valence-electron chi connectivity index (χ1n) is 45.9. The first kappa shape index (κ1) is 171. The summed E-state index contributed by atoms with van der Waals surface area (Å²) in [6.45, 7) is 19.1. The van der Waals surface area contributed by atoms with Crippen LogP contribution in [-0.4, -0.2) is 366 Å². The zero-order valence-corrected chi connectivity index (χ0v) is 83.0. The van der Waals surface area contributed by atoms with Crippen molar-refractivity contribution in [2.24, 2.45) is 51.6 Å². The van der Waals surface area contributed by atoms with Crippen LogP contribution in [0.3, 0.4) is 0 Å². The minimum atomic E-state index is -1.13. The quantitative estimate of drug-likeness (QED) is 0.0130. The summed E-state index contributed by atoms with van der Waals surface area (Å²) in [7, 11) is 0. The fourth-order valence-electron chi connectivity index (χ4n) is 8.11. The molecular weight excluding hydrogens is 1990 g/mol. The van der Waals surface area contributed by atoms with Crippen molar-refractivity contribution in [3.05, 3.63) is 38.0 Å². The van der Waals surface area contributed by atoms with Gasteiger partial charge in [-0.25, -0.2) is 0 Å². The summed E-state index contributed by atoms with van der Waals surface area (Å²) in [5.74, 6) is -4.50. The zero-order chi connectivity index (χ0) is 112. The van der Waals surface area contributed by atoms with Gasteiger partial charge in [-0.05, 0) is 70.6 Å². The highest BCUT2D eigenvalue weighted by molar-refractivity contribution is 5.80. The van der Waals surface area contributed by atoms with E-state index < -0.39 is 120 Å². The molecule has 0 aromatic heterocycles. The van der Waals surface area contributed by atoms with Crippen molar-refractivity contribution < 1.29 is 203 Å². The third-order valence-corrected chi connectivity index (χ3v) is 16.1. The number of carboxylic acids is 9. The number of carbonyl (C=O) groups is 18. The second-order valence-electron chi connectivity index (χ2n) is 29.4. The summed E-state index contributed by atoms with van der Waals surface area (Å²) < 4.78 is 73.3. The van der Waals surface area contributed by atoms with E-state index in [1.165, 1.54) is 6.08 Å². The number of Topliss-reactive ketones (excluding diaryl/α,β-unsaturated/α-hetero) is 3. The number of rotatable bonds is 81. The molecule has 0 spiro atoms. The lowest BCUT2D eigenvalue weighted by Crippen LogP contribution is -2.35. The van der Waals surface area contributed by atoms with Gasteiger partial charge in [0.05, 0.1) is 92.3 Å². The van der Waals surface area contributed by atoms with E-state index in [0.29, 0.717) is 142 Å².